The average molecular weight is 240 g/mol. The third-order valence-corrected chi connectivity index (χ3v) is 2.80. The molecule has 0 radical (unpaired) electrons. The van der Waals surface area contributed by atoms with Crippen LogP contribution in [0.4, 0.5) is 4.39 Å². The predicted octanol–water partition coefficient (Wildman–Crippen LogP) is 2.73. The number of fused-ring (bicyclic) bond motifs is 1. The molecular formula is C14H9FN2O. The molecule has 0 saturated carbocycles. The first kappa shape index (κ1) is 10.7. The zero-order valence-corrected chi connectivity index (χ0v) is 9.35. The first-order valence-electron chi connectivity index (χ1n) is 5.48. The Kier molecular flexibility index (Phi) is 2.41. The van der Waals surface area contributed by atoms with Crippen molar-refractivity contribution in [3.05, 3.63) is 64.8 Å². The molecule has 0 spiro atoms. The third-order valence-electron chi connectivity index (χ3n) is 2.80. The van der Waals surface area contributed by atoms with Gasteiger partial charge in [0.2, 0.25) is 0 Å². The maximum atomic E-state index is 13.7. The van der Waals surface area contributed by atoms with Crippen LogP contribution in [0.3, 0.4) is 0 Å². The van der Waals surface area contributed by atoms with Crippen LogP contribution in [0.5, 0.6) is 0 Å². The van der Waals surface area contributed by atoms with Crippen molar-refractivity contribution < 1.29 is 4.39 Å². The van der Waals surface area contributed by atoms with E-state index in [0.29, 0.717) is 16.8 Å². The fourth-order valence-corrected chi connectivity index (χ4v) is 1.98. The van der Waals surface area contributed by atoms with Gasteiger partial charge in [0.25, 0.3) is 5.56 Å². The molecule has 0 aliphatic carbocycles. The van der Waals surface area contributed by atoms with Gasteiger partial charge in [-0.05, 0) is 17.5 Å². The van der Waals surface area contributed by atoms with Crippen LogP contribution in [0.1, 0.15) is 0 Å². The minimum absolute atomic E-state index is 0.228. The molecule has 88 valence electrons. The van der Waals surface area contributed by atoms with Crippen molar-refractivity contribution in [2.45, 2.75) is 0 Å². The van der Waals surface area contributed by atoms with Gasteiger partial charge in [-0.3, -0.25) is 4.79 Å². The molecule has 1 N–H and O–H groups in total. The highest BCUT2D eigenvalue weighted by Gasteiger charge is 2.08. The molecule has 3 aromatic rings. The van der Waals surface area contributed by atoms with Crippen LogP contribution in [-0.4, -0.2) is 9.97 Å². The fraction of sp³-hybridized carbons (Fsp3) is 0. The molecule has 0 aliphatic heterocycles. The molecule has 2 aromatic carbocycles. The number of rotatable bonds is 1. The second kappa shape index (κ2) is 4.07. The summed E-state index contributed by atoms with van der Waals surface area (Å²) in [6, 6.07) is 11.5. The topological polar surface area (TPSA) is 45.8 Å². The Hall–Kier alpha value is -2.49. The summed E-state index contributed by atoms with van der Waals surface area (Å²) in [5.74, 6) is 0.159. The van der Waals surface area contributed by atoms with Crippen LogP contribution in [0.15, 0.2) is 53.5 Å². The van der Waals surface area contributed by atoms with Gasteiger partial charge in [-0.2, -0.15) is 0 Å². The molecule has 0 amide bonds. The Morgan fingerprint density at radius 3 is 2.56 bits per heavy atom. The second-order valence-corrected chi connectivity index (χ2v) is 3.92. The lowest BCUT2D eigenvalue weighted by atomic mass is 10.0. The molecule has 0 saturated heterocycles. The van der Waals surface area contributed by atoms with Gasteiger partial charge in [-0.25, -0.2) is 9.37 Å². The first-order valence-corrected chi connectivity index (χ1v) is 5.48. The summed E-state index contributed by atoms with van der Waals surface area (Å²) in [4.78, 5) is 18.1. The minimum Gasteiger partial charge on any atom is -0.307 e. The van der Waals surface area contributed by atoms with E-state index in [1.54, 1.807) is 24.3 Å². The fourth-order valence-electron chi connectivity index (χ4n) is 1.98. The van der Waals surface area contributed by atoms with E-state index < -0.39 is 0 Å². The van der Waals surface area contributed by atoms with Crippen molar-refractivity contribution in [1.29, 1.82) is 0 Å². The van der Waals surface area contributed by atoms with Gasteiger partial charge < -0.3 is 4.98 Å². The van der Waals surface area contributed by atoms with Crippen molar-refractivity contribution in [1.82, 2.24) is 9.97 Å². The number of H-pyrrole nitrogens is 1. The van der Waals surface area contributed by atoms with E-state index in [0.717, 1.165) is 5.39 Å². The second-order valence-electron chi connectivity index (χ2n) is 3.92. The summed E-state index contributed by atoms with van der Waals surface area (Å²) in [5, 5.41) is 1.24. The lowest BCUT2D eigenvalue weighted by Gasteiger charge is -2.06. The number of benzene rings is 2. The van der Waals surface area contributed by atoms with Crippen LogP contribution in [0, 0.1) is 5.82 Å². The van der Waals surface area contributed by atoms with Crippen LogP contribution in [-0.2, 0) is 0 Å². The summed E-state index contributed by atoms with van der Waals surface area (Å²) in [6.07, 6.45) is 1.44. The summed E-state index contributed by atoms with van der Waals surface area (Å²) in [5.41, 5.74) is 0.484. The molecule has 0 aliphatic rings. The maximum Gasteiger partial charge on any atom is 0.251 e. The average Bonchev–Trinajstić information content (AvgIpc) is 2.39. The highest BCUT2D eigenvalue weighted by Crippen LogP contribution is 2.27. The number of aromatic nitrogens is 2. The Balaban J connectivity index is 2.37. The maximum absolute atomic E-state index is 13.7. The molecule has 3 rings (SSSR count). The predicted molar refractivity (Wildman–Crippen MR) is 67.8 cm³/mol. The van der Waals surface area contributed by atoms with E-state index in [9.17, 15) is 9.18 Å². The standard InChI is InChI=1S/C14H9FN2O/c15-12-6-5-11(9-3-1-2-4-10(9)12)14-16-8-7-13(18)17-14/h1-8H,(H,16,17,18). The van der Waals surface area contributed by atoms with Gasteiger partial charge in [0.05, 0.1) is 0 Å². The molecule has 4 heteroatoms. The van der Waals surface area contributed by atoms with Crippen LogP contribution >= 0.6 is 0 Å². The van der Waals surface area contributed by atoms with Crippen molar-refractivity contribution in [2.75, 3.05) is 0 Å². The SMILES string of the molecule is O=c1ccnc(-c2ccc(F)c3ccccc23)[nH]1. The Morgan fingerprint density at radius 2 is 1.78 bits per heavy atom. The van der Waals surface area contributed by atoms with E-state index in [4.69, 9.17) is 0 Å². The van der Waals surface area contributed by atoms with Gasteiger partial charge in [0.1, 0.15) is 11.6 Å². The number of halogens is 1. The summed E-state index contributed by atoms with van der Waals surface area (Å²) >= 11 is 0. The lowest BCUT2D eigenvalue weighted by Crippen LogP contribution is -2.06. The highest BCUT2D eigenvalue weighted by atomic mass is 19.1. The van der Waals surface area contributed by atoms with Gasteiger partial charge in [0, 0.05) is 23.2 Å². The van der Waals surface area contributed by atoms with Crippen molar-refractivity contribution >= 4 is 10.8 Å². The zero-order chi connectivity index (χ0) is 12.5. The summed E-state index contributed by atoms with van der Waals surface area (Å²) in [7, 11) is 0. The van der Waals surface area contributed by atoms with E-state index in [1.807, 2.05) is 6.07 Å². The van der Waals surface area contributed by atoms with Crippen molar-refractivity contribution in [3.8, 4) is 11.4 Å². The van der Waals surface area contributed by atoms with Gasteiger partial charge >= 0.3 is 0 Å². The third kappa shape index (κ3) is 1.68. The van der Waals surface area contributed by atoms with Crippen LogP contribution in [0.25, 0.3) is 22.2 Å². The number of aromatic amines is 1. The Bertz CT molecular complexity index is 780. The molecule has 0 atom stereocenters. The monoisotopic (exact) mass is 240 g/mol. The largest absolute Gasteiger partial charge is 0.307 e. The molecular weight excluding hydrogens is 231 g/mol. The van der Waals surface area contributed by atoms with E-state index in [-0.39, 0.29) is 11.4 Å². The van der Waals surface area contributed by atoms with Gasteiger partial charge in [-0.15, -0.1) is 0 Å². The Morgan fingerprint density at radius 1 is 1.00 bits per heavy atom. The molecule has 1 aromatic heterocycles. The molecule has 3 nitrogen and oxygen atoms in total. The first-order chi connectivity index (χ1) is 8.75. The lowest BCUT2D eigenvalue weighted by molar-refractivity contribution is 0.640. The Labute approximate surface area is 102 Å². The summed E-state index contributed by atoms with van der Waals surface area (Å²) < 4.78 is 13.7. The molecule has 0 fully saturated rings. The van der Waals surface area contributed by atoms with Gasteiger partial charge in [-0.1, -0.05) is 24.3 Å². The van der Waals surface area contributed by atoms with Gasteiger partial charge in [0.15, 0.2) is 0 Å². The number of hydrogen-bond donors (Lipinski definition) is 1. The molecule has 0 bridgehead atoms. The highest BCUT2D eigenvalue weighted by molar-refractivity contribution is 5.95. The quantitative estimate of drug-likeness (QED) is 0.710. The number of nitrogens with zero attached hydrogens (tertiary/aromatic N) is 1. The zero-order valence-electron chi connectivity index (χ0n) is 9.35. The van der Waals surface area contributed by atoms with Crippen LogP contribution in [0.2, 0.25) is 0 Å². The van der Waals surface area contributed by atoms with Crippen LogP contribution < -0.4 is 5.56 Å². The number of hydrogen-bond acceptors (Lipinski definition) is 2. The van der Waals surface area contributed by atoms with E-state index in [2.05, 4.69) is 9.97 Å². The van der Waals surface area contributed by atoms with Crippen molar-refractivity contribution in [2.24, 2.45) is 0 Å². The molecule has 1 heterocycles. The van der Waals surface area contributed by atoms with E-state index in [1.165, 1.54) is 18.3 Å². The summed E-state index contributed by atoms with van der Waals surface area (Å²) in [6.45, 7) is 0. The normalized spacial score (nSPS) is 10.7. The minimum atomic E-state index is -0.285. The van der Waals surface area contributed by atoms with Crippen molar-refractivity contribution in [3.63, 3.8) is 0 Å². The molecule has 18 heavy (non-hydrogen) atoms. The van der Waals surface area contributed by atoms with E-state index >= 15 is 0 Å². The number of nitrogens with one attached hydrogen (secondary N) is 1. The smallest absolute Gasteiger partial charge is 0.251 e. The molecule has 0 unspecified atom stereocenters.